The fraction of sp³-hybridized carbons (Fsp3) is 0.435. The van der Waals surface area contributed by atoms with Crippen LogP contribution in [0.3, 0.4) is 0 Å². The monoisotopic (exact) mass is 535 g/mol. The van der Waals surface area contributed by atoms with Gasteiger partial charge in [0, 0.05) is 19.3 Å². The molecule has 15 nitrogen and oxygen atoms in total. The Hall–Kier alpha value is -4.53. The van der Waals surface area contributed by atoms with E-state index >= 15 is 0 Å². The van der Waals surface area contributed by atoms with Gasteiger partial charge < -0.3 is 44.0 Å². The molecule has 1 aromatic carbocycles. The number of rotatable bonds is 17. The first-order chi connectivity index (χ1) is 17.8. The molecule has 12 N–H and O–H groups in total. The van der Waals surface area contributed by atoms with Gasteiger partial charge in [-0.3, -0.25) is 28.8 Å². The van der Waals surface area contributed by atoms with E-state index in [0.29, 0.717) is 5.56 Å². The van der Waals surface area contributed by atoms with Gasteiger partial charge in [-0.15, -0.1) is 0 Å². The Morgan fingerprint density at radius 3 is 1.71 bits per heavy atom. The topological polar surface area (TPSA) is 280 Å². The molecule has 0 heterocycles. The van der Waals surface area contributed by atoms with Crippen LogP contribution in [-0.4, -0.2) is 70.7 Å². The molecule has 0 saturated heterocycles. The summed E-state index contributed by atoms with van der Waals surface area (Å²) in [7, 11) is 0. The van der Waals surface area contributed by atoms with Crippen LogP contribution in [0.1, 0.15) is 37.7 Å². The number of hydrogen-bond acceptors (Lipinski definition) is 8. The standard InChI is InChI=1S/C23H33N7O8/c24-13(6-8-17(25)31)20(34)28-14(7-9-18(26)32)21(35)29-15(11-19(27)33)22(36)30-16(23(37)38)10-12-4-2-1-3-5-12/h1-5,13-16H,6-11,24H2,(H2,25,31)(H2,26,32)(H2,27,33)(H,28,34)(H,29,35)(H,30,36)(H,37,38). The molecular weight excluding hydrogens is 502 g/mol. The van der Waals surface area contributed by atoms with Crippen molar-refractivity contribution in [2.45, 2.75) is 62.7 Å². The average Bonchev–Trinajstić information content (AvgIpc) is 2.83. The lowest BCUT2D eigenvalue weighted by molar-refractivity contribution is -0.142. The molecule has 15 heteroatoms. The largest absolute Gasteiger partial charge is 0.480 e. The van der Waals surface area contributed by atoms with Crippen molar-refractivity contribution in [1.29, 1.82) is 0 Å². The van der Waals surface area contributed by atoms with Crippen LogP contribution in [0.15, 0.2) is 30.3 Å². The van der Waals surface area contributed by atoms with Gasteiger partial charge in [0.05, 0.1) is 12.5 Å². The van der Waals surface area contributed by atoms with Gasteiger partial charge in [0.25, 0.3) is 0 Å². The zero-order chi connectivity index (χ0) is 28.8. The van der Waals surface area contributed by atoms with Crippen LogP contribution in [0, 0.1) is 0 Å². The highest BCUT2D eigenvalue weighted by Crippen LogP contribution is 2.06. The normalized spacial score (nSPS) is 13.7. The second-order valence-electron chi connectivity index (χ2n) is 8.50. The molecule has 4 atom stereocenters. The molecule has 1 aromatic rings. The molecule has 0 spiro atoms. The van der Waals surface area contributed by atoms with Crippen LogP contribution < -0.4 is 38.9 Å². The Kier molecular flexibility index (Phi) is 12.9. The number of nitrogens with two attached hydrogens (primary N) is 4. The second kappa shape index (κ2) is 15.6. The van der Waals surface area contributed by atoms with Crippen LogP contribution in [-0.2, 0) is 40.0 Å². The second-order valence-corrected chi connectivity index (χ2v) is 8.50. The van der Waals surface area contributed by atoms with Crippen molar-refractivity contribution < 1.29 is 38.7 Å². The first-order valence-corrected chi connectivity index (χ1v) is 11.6. The van der Waals surface area contributed by atoms with E-state index in [1.165, 1.54) is 0 Å². The van der Waals surface area contributed by atoms with Crippen molar-refractivity contribution in [3.8, 4) is 0 Å². The average molecular weight is 536 g/mol. The van der Waals surface area contributed by atoms with Crippen molar-refractivity contribution >= 4 is 41.4 Å². The number of hydrogen-bond donors (Lipinski definition) is 8. The van der Waals surface area contributed by atoms with E-state index in [-0.39, 0.29) is 32.1 Å². The Bertz CT molecular complexity index is 1030. The van der Waals surface area contributed by atoms with Crippen molar-refractivity contribution in [2.75, 3.05) is 0 Å². The van der Waals surface area contributed by atoms with E-state index < -0.39 is 72.0 Å². The summed E-state index contributed by atoms with van der Waals surface area (Å²) in [5.41, 5.74) is 21.7. The number of benzene rings is 1. The van der Waals surface area contributed by atoms with Crippen molar-refractivity contribution in [2.24, 2.45) is 22.9 Å². The predicted octanol–water partition coefficient (Wildman–Crippen LogP) is -3.50. The quantitative estimate of drug-likeness (QED) is 0.0980. The number of aliphatic carboxylic acids is 1. The summed E-state index contributed by atoms with van der Waals surface area (Å²) in [6, 6.07) is 2.78. The number of carboxylic acid groups (broad SMARTS) is 1. The van der Waals surface area contributed by atoms with E-state index in [1.807, 2.05) is 0 Å². The highest BCUT2D eigenvalue weighted by atomic mass is 16.4. The number of carboxylic acids is 1. The van der Waals surface area contributed by atoms with Crippen LogP contribution in [0.2, 0.25) is 0 Å². The maximum atomic E-state index is 12.9. The van der Waals surface area contributed by atoms with Gasteiger partial charge in [0.15, 0.2) is 0 Å². The molecule has 0 aliphatic carbocycles. The molecule has 0 aromatic heterocycles. The van der Waals surface area contributed by atoms with Gasteiger partial charge in [-0.2, -0.15) is 0 Å². The van der Waals surface area contributed by atoms with E-state index in [1.54, 1.807) is 30.3 Å². The third kappa shape index (κ3) is 11.9. The zero-order valence-corrected chi connectivity index (χ0v) is 20.6. The summed E-state index contributed by atoms with van der Waals surface area (Å²) in [4.78, 5) is 83.7. The van der Waals surface area contributed by atoms with Gasteiger partial charge in [-0.25, -0.2) is 4.79 Å². The molecular formula is C23H33N7O8. The van der Waals surface area contributed by atoms with E-state index in [9.17, 15) is 38.7 Å². The van der Waals surface area contributed by atoms with Crippen LogP contribution in [0.5, 0.6) is 0 Å². The molecule has 0 saturated carbocycles. The highest BCUT2D eigenvalue weighted by Gasteiger charge is 2.31. The number of amides is 6. The van der Waals surface area contributed by atoms with Crippen molar-refractivity contribution in [3.63, 3.8) is 0 Å². The number of carbonyl (C=O) groups is 7. The molecule has 6 amide bonds. The van der Waals surface area contributed by atoms with Crippen molar-refractivity contribution in [1.82, 2.24) is 16.0 Å². The first-order valence-electron chi connectivity index (χ1n) is 11.6. The fourth-order valence-corrected chi connectivity index (χ4v) is 3.27. The van der Waals surface area contributed by atoms with Gasteiger partial charge in [0.2, 0.25) is 35.4 Å². The first kappa shape index (κ1) is 31.5. The lowest BCUT2D eigenvalue weighted by Crippen LogP contribution is -2.58. The predicted molar refractivity (Wildman–Crippen MR) is 132 cm³/mol. The third-order valence-electron chi connectivity index (χ3n) is 5.29. The molecule has 38 heavy (non-hydrogen) atoms. The van der Waals surface area contributed by atoms with Crippen LogP contribution >= 0.6 is 0 Å². The Morgan fingerprint density at radius 2 is 1.18 bits per heavy atom. The SMILES string of the molecule is NC(=O)CCC(N)C(=O)NC(CCC(N)=O)C(=O)NC(CC(N)=O)C(=O)NC(Cc1ccccc1)C(=O)O. The van der Waals surface area contributed by atoms with Gasteiger partial charge in [-0.1, -0.05) is 30.3 Å². The van der Waals surface area contributed by atoms with Gasteiger partial charge in [-0.05, 0) is 18.4 Å². The zero-order valence-electron chi connectivity index (χ0n) is 20.6. The Morgan fingerprint density at radius 1 is 0.684 bits per heavy atom. The number of primary amides is 3. The highest BCUT2D eigenvalue weighted by molar-refractivity contribution is 5.96. The fourth-order valence-electron chi connectivity index (χ4n) is 3.27. The maximum Gasteiger partial charge on any atom is 0.326 e. The van der Waals surface area contributed by atoms with Crippen molar-refractivity contribution in [3.05, 3.63) is 35.9 Å². The lowest BCUT2D eigenvalue weighted by Gasteiger charge is -2.24. The molecule has 208 valence electrons. The third-order valence-corrected chi connectivity index (χ3v) is 5.29. The lowest BCUT2D eigenvalue weighted by atomic mass is 10.0. The molecule has 4 unspecified atom stereocenters. The summed E-state index contributed by atoms with van der Waals surface area (Å²) in [5.74, 6) is -6.66. The van der Waals surface area contributed by atoms with E-state index in [0.717, 1.165) is 0 Å². The summed E-state index contributed by atoms with van der Waals surface area (Å²) in [6.07, 6.45) is -1.70. The maximum absolute atomic E-state index is 12.9. The molecule has 0 aliphatic rings. The molecule has 1 rings (SSSR count). The molecule has 0 bridgehead atoms. The summed E-state index contributed by atoms with van der Waals surface area (Å²) < 4.78 is 0. The summed E-state index contributed by atoms with van der Waals surface area (Å²) in [6.45, 7) is 0. The number of nitrogens with one attached hydrogen (secondary N) is 3. The van der Waals surface area contributed by atoms with Gasteiger partial charge in [0.1, 0.15) is 18.1 Å². The van der Waals surface area contributed by atoms with E-state index in [2.05, 4.69) is 16.0 Å². The molecule has 0 fully saturated rings. The Balaban J connectivity index is 3.02. The van der Waals surface area contributed by atoms with Crippen LogP contribution in [0.25, 0.3) is 0 Å². The summed E-state index contributed by atoms with van der Waals surface area (Å²) >= 11 is 0. The van der Waals surface area contributed by atoms with Crippen LogP contribution in [0.4, 0.5) is 0 Å². The Labute approximate surface area is 218 Å². The van der Waals surface area contributed by atoms with E-state index in [4.69, 9.17) is 22.9 Å². The minimum absolute atomic E-state index is 0.0837. The molecule has 0 radical (unpaired) electrons. The minimum Gasteiger partial charge on any atom is -0.480 e. The van der Waals surface area contributed by atoms with Gasteiger partial charge >= 0.3 is 5.97 Å². The summed E-state index contributed by atoms with van der Waals surface area (Å²) in [5, 5.41) is 16.4. The number of carbonyl (C=O) groups excluding carboxylic acids is 6. The molecule has 0 aliphatic heterocycles. The minimum atomic E-state index is -1.60. The smallest absolute Gasteiger partial charge is 0.326 e.